The van der Waals surface area contributed by atoms with Crippen LogP contribution in [0.3, 0.4) is 0 Å². The van der Waals surface area contributed by atoms with Crippen LogP contribution in [0, 0.1) is 24.2 Å². The standard InChI is InChI=1S/C20H28N4O3/c1-12-8-21-14(22-12)9-23(5)17(25)15-13-6-7-20(27-13)11-24(10-19(2,3)4)18(26)16(15)20/h6-8,13,15-16H,9-11H2,1-5H3,(H,21,22)/t13-,15-,16+,20-/m0/s1. The van der Waals surface area contributed by atoms with Crippen LogP contribution in [0.2, 0.25) is 0 Å². The Morgan fingerprint density at radius 1 is 1.48 bits per heavy atom. The summed E-state index contributed by atoms with van der Waals surface area (Å²) in [4.78, 5) is 37.3. The predicted octanol–water partition coefficient (Wildman–Crippen LogP) is 1.50. The van der Waals surface area contributed by atoms with Crippen molar-refractivity contribution in [1.82, 2.24) is 19.8 Å². The van der Waals surface area contributed by atoms with Gasteiger partial charge in [-0.3, -0.25) is 9.59 Å². The summed E-state index contributed by atoms with van der Waals surface area (Å²) >= 11 is 0. The average Bonchev–Trinajstić information content (AvgIpc) is 3.28. The predicted molar refractivity (Wildman–Crippen MR) is 99.6 cm³/mol. The van der Waals surface area contributed by atoms with Crippen molar-refractivity contribution in [3.63, 3.8) is 0 Å². The fraction of sp³-hybridized carbons (Fsp3) is 0.650. The zero-order valence-corrected chi connectivity index (χ0v) is 16.7. The van der Waals surface area contributed by atoms with Gasteiger partial charge in [-0.15, -0.1) is 0 Å². The lowest BCUT2D eigenvalue weighted by molar-refractivity contribution is -0.143. The van der Waals surface area contributed by atoms with Crippen molar-refractivity contribution in [2.24, 2.45) is 17.3 Å². The molecule has 7 nitrogen and oxygen atoms in total. The minimum absolute atomic E-state index is 0.000100. The number of H-pyrrole nitrogens is 1. The molecule has 1 spiro atoms. The molecule has 146 valence electrons. The van der Waals surface area contributed by atoms with Gasteiger partial charge in [0.1, 0.15) is 11.4 Å². The molecule has 1 aromatic heterocycles. The topological polar surface area (TPSA) is 78.5 Å². The second-order valence-corrected chi connectivity index (χ2v) is 9.36. The first-order valence-corrected chi connectivity index (χ1v) is 9.51. The van der Waals surface area contributed by atoms with Crippen LogP contribution in [-0.2, 0) is 20.9 Å². The molecule has 2 saturated heterocycles. The van der Waals surface area contributed by atoms with Crippen LogP contribution in [0.15, 0.2) is 18.3 Å². The summed E-state index contributed by atoms with van der Waals surface area (Å²) in [7, 11) is 1.76. The molecular formula is C20H28N4O3. The first-order chi connectivity index (χ1) is 12.6. The molecule has 1 aromatic rings. The highest BCUT2D eigenvalue weighted by atomic mass is 16.5. The van der Waals surface area contributed by atoms with Gasteiger partial charge in [0.15, 0.2) is 0 Å². The molecule has 0 radical (unpaired) electrons. The van der Waals surface area contributed by atoms with Crippen molar-refractivity contribution in [2.75, 3.05) is 20.1 Å². The SMILES string of the molecule is Cc1cnc(CN(C)C(=O)[C@H]2[C@@H]3C=C[C@@]4(CN(CC(C)(C)C)C(=O)[C@@H]24)O3)[nH]1. The van der Waals surface area contributed by atoms with E-state index in [0.29, 0.717) is 19.6 Å². The summed E-state index contributed by atoms with van der Waals surface area (Å²) < 4.78 is 6.19. The number of hydrogen-bond acceptors (Lipinski definition) is 4. The summed E-state index contributed by atoms with van der Waals surface area (Å²) in [6, 6.07) is 0. The van der Waals surface area contributed by atoms with E-state index in [0.717, 1.165) is 11.5 Å². The highest BCUT2D eigenvalue weighted by Gasteiger charge is 2.67. The number of likely N-dealkylation sites (tertiary alicyclic amines) is 1. The van der Waals surface area contributed by atoms with Gasteiger partial charge in [0.2, 0.25) is 11.8 Å². The van der Waals surface area contributed by atoms with Crippen molar-refractivity contribution < 1.29 is 14.3 Å². The summed E-state index contributed by atoms with van der Waals surface area (Å²) in [5, 5.41) is 0. The number of imidazole rings is 1. The van der Waals surface area contributed by atoms with Gasteiger partial charge in [-0.2, -0.15) is 0 Å². The Labute approximate surface area is 159 Å². The summed E-state index contributed by atoms with van der Waals surface area (Å²) in [6.45, 7) is 9.85. The molecule has 4 rings (SSSR count). The van der Waals surface area contributed by atoms with Crippen LogP contribution < -0.4 is 0 Å². The maximum absolute atomic E-state index is 13.2. The number of ether oxygens (including phenoxy) is 1. The molecular weight excluding hydrogens is 344 g/mol. The maximum Gasteiger partial charge on any atom is 0.230 e. The fourth-order valence-corrected chi connectivity index (χ4v) is 4.67. The smallest absolute Gasteiger partial charge is 0.230 e. The van der Waals surface area contributed by atoms with Crippen LogP contribution in [0.1, 0.15) is 32.3 Å². The molecule has 27 heavy (non-hydrogen) atoms. The molecule has 0 aliphatic carbocycles. The van der Waals surface area contributed by atoms with Crippen LogP contribution >= 0.6 is 0 Å². The molecule has 1 N–H and O–H groups in total. The Kier molecular flexibility index (Phi) is 4.00. The second-order valence-electron chi connectivity index (χ2n) is 9.36. The fourth-order valence-electron chi connectivity index (χ4n) is 4.67. The zero-order chi connectivity index (χ0) is 19.6. The first kappa shape index (κ1) is 18.2. The van der Waals surface area contributed by atoms with E-state index in [9.17, 15) is 9.59 Å². The number of nitrogens with zero attached hydrogens (tertiary/aromatic N) is 3. The molecule has 7 heteroatoms. The van der Waals surface area contributed by atoms with Gasteiger partial charge >= 0.3 is 0 Å². The Balaban J connectivity index is 1.54. The van der Waals surface area contributed by atoms with Crippen LogP contribution in [0.4, 0.5) is 0 Å². The molecule has 0 aromatic carbocycles. The number of aromatic nitrogens is 2. The molecule has 2 bridgehead atoms. The van der Waals surface area contributed by atoms with E-state index in [-0.39, 0.29) is 23.3 Å². The van der Waals surface area contributed by atoms with Gasteiger partial charge in [0, 0.05) is 25.5 Å². The van der Waals surface area contributed by atoms with Crippen LogP contribution in [-0.4, -0.2) is 63.4 Å². The lowest BCUT2D eigenvalue weighted by Gasteiger charge is -2.29. The minimum Gasteiger partial charge on any atom is -0.360 e. The van der Waals surface area contributed by atoms with Crippen molar-refractivity contribution in [1.29, 1.82) is 0 Å². The Bertz CT molecular complexity index is 808. The lowest BCUT2D eigenvalue weighted by Crippen LogP contribution is -2.45. The van der Waals surface area contributed by atoms with E-state index in [1.54, 1.807) is 18.1 Å². The zero-order valence-electron chi connectivity index (χ0n) is 16.7. The number of carbonyl (C=O) groups is 2. The third-order valence-corrected chi connectivity index (χ3v) is 5.65. The number of rotatable bonds is 4. The van der Waals surface area contributed by atoms with E-state index < -0.39 is 17.4 Å². The minimum atomic E-state index is -0.643. The Morgan fingerprint density at radius 2 is 2.22 bits per heavy atom. The number of nitrogens with one attached hydrogen (secondary N) is 1. The van der Waals surface area contributed by atoms with Gasteiger partial charge < -0.3 is 19.5 Å². The van der Waals surface area contributed by atoms with Crippen LogP contribution in [0.5, 0.6) is 0 Å². The van der Waals surface area contributed by atoms with Crippen molar-refractivity contribution in [3.8, 4) is 0 Å². The van der Waals surface area contributed by atoms with Crippen molar-refractivity contribution >= 4 is 11.8 Å². The van der Waals surface area contributed by atoms with E-state index >= 15 is 0 Å². The van der Waals surface area contributed by atoms with E-state index in [2.05, 4.69) is 30.7 Å². The Hall–Kier alpha value is -2.15. The third-order valence-electron chi connectivity index (χ3n) is 5.65. The van der Waals surface area contributed by atoms with Gasteiger partial charge in [-0.05, 0) is 12.3 Å². The number of aryl methyl sites for hydroxylation is 1. The molecule has 3 aliphatic rings. The molecule has 3 aliphatic heterocycles. The summed E-state index contributed by atoms with van der Waals surface area (Å²) in [6.07, 6.45) is 5.39. The van der Waals surface area contributed by atoms with Gasteiger partial charge in [-0.1, -0.05) is 32.9 Å². The average molecular weight is 372 g/mol. The monoisotopic (exact) mass is 372 g/mol. The quantitative estimate of drug-likeness (QED) is 0.813. The molecule has 0 saturated carbocycles. The third kappa shape index (κ3) is 2.98. The number of amides is 2. The highest BCUT2D eigenvalue weighted by Crippen LogP contribution is 2.52. The summed E-state index contributed by atoms with van der Waals surface area (Å²) in [5.74, 6) is -0.171. The molecule has 4 atom stereocenters. The van der Waals surface area contributed by atoms with Gasteiger partial charge in [-0.25, -0.2) is 4.98 Å². The maximum atomic E-state index is 13.2. The van der Waals surface area contributed by atoms with E-state index in [4.69, 9.17) is 4.74 Å². The Morgan fingerprint density at radius 3 is 2.85 bits per heavy atom. The van der Waals surface area contributed by atoms with Crippen LogP contribution in [0.25, 0.3) is 0 Å². The number of aromatic amines is 1. The van der Waals surface area contributed by atoms with E-state index in [1.807, 2.05) is 24.0 Å². The van der Waals surface area contributed by atoms with Crippen molar-refractivity contribution in [2.45, 2.75) is 45.9 Å². The first-order valence-electron chi connectivity index (χ1n) is 9.51. The normalized spacial score (nSPS) is 31.7. The van der Waals surface area contributed by atoms with Crippen molar-refractivity contribution in [3.05, 3.63) is 29.9 Å². The second kappa shape index (κ2) is 5.92. The molecule has 2 amide bonds. The number of fused-ring (bicyclic) bond motifs is 1. The largest absolute Gasteiger partial charge is 0.360 e. The molecule has 4 heterocycles. The van der Waals surface area contributed by atoms with Gasteiger partial charge in [0.25, 0.3) is 0 Å². The number of hydrogen-bond donors (Lipinski definition) is 1. The lowest BCUT2D eigenvalue weighted by atomic mass is 9.76. The number of carbonyl (C=O) groups excluding carboxylic acids is 2. The summed E-state index contributed by atoms with van der Waals surface area (Å²) in [5.41, 5.74) is 0.315. The molecule has 0 unspecified atom stereocenters. The van der Waals surface area contributed by atoms with E-state index in [1.165, 1.54) is 0 Å². The highest BCUT2D eigenvalue weighted by molar-refractivity contribution is 5.93. The molecule has 2 fully saturated rings. The van der Waals surface area contributed by atoms with Gasteiger partial charge in [0.05, 0.1) is 31.0 Å².